The Morgan fingerprint density at radius 2 is 1.89 bits per heavy atom. The number of thiocarbonyl (C=S) groups is 1. The molecule has 0 aliphatic carbocycles. The first-order chi connectivity index (χ1) is 8.66. The average molecular weight is 260 g/mol. The Hall–Kier alpha value is -2.14. The van der Waals surface area contributed by atoms with E-state index < -0.39 is 0 Å². The molecule has 0 radical (unpaired) electrons. The minimum absolute atomic E-state index is 0.148. The van der Waals surface area contributed by atoms with Gasteiger partial charge in [0.2, 0.25) is 0 Å². The van der Waals surface area contributed by atoms with Gasteiger partial charge in [0, 0.05) is 23.2 Å². The fraction of sp³-hybridized carbons (Fsp3) is 0.0769. The Balaban J connectivity index is 1.98. The third kappa shape index (κ3) is 2.95. The molecular formula is C13H12N2O2S. The number of furan rings is 1. The van der Waals surface area contributed by atoms with Crippen LogP contribution >= 0.6 is 12.2 Å². The van der Waals surface area contributed by atoms with Gasteiger partial charge in [0.15, 0.2) is 0 Å². The number of nitrogens with one attached hydrogen (secondary N) is 1. The maximum Gasteiger partial charge on any atom is 0.251 e. The predicted octanol–water partition coefficient (Wildman–Crippen LogP) is 1.84. The minimum Gasteiger partial charge on any atom is -0.472 e. The van der Waals surface area contributed by atoms with E-state index in [0.717, 1.165) is 11.1 Å². The van der Waals surface area contributed by atoms with Crippen LogP contribution in [0.15, 0.2) is 47.3 Å². The summed E-state index contributed by atoms with van der Waals surface area (Å²) in [6.07, 6.45) is 3.16. The number of carbonyl (C=O) groups excluding carboxylic acids is 1. The number of rotatable bonds is 4. The molecule has 0 saturated carbocycles. The lowest BCUT2D eigenvalue weighted by Crippen LogP contribution is -2.22. The Morgan fingerprint density at radius 3 is 2.44 bits per heavy atom. The number of amides is 1. The van der Waals surface area contributed by atoms with Crippen LogP contribution in [0.3, 0.4) is 0 Å². The molecule has 5 heteroatoms. The Morgan fingerprint density at radius 1 is 1.22 bits per heavy atom. The highest BCUT2D eigenvalue weighted by Crippen LogP contribution is 2.05. The Bertz CT molecular complexity index is 547. The molecule has 92 valence electrons. The van der Waals surface area contributed by atoms with Crippen molar-refractivity contribution in [2.75, 3.05) is 0 Å². The summed E-state index contributed by atoms with van der Waals surface area (Å²) in [6.45, 7) is 0.437. The third-order valence-electron chi connectivity index (χ3n) is 2.46. The molecule has 1 heterocycles. The summed E-state index contributed by atoms with van der Waals surface area (Å²) in [7, 11) is 0. The maximum absolute atomic E-state index is 11.8. The Kier molecular flexibility index (Phi) is 3.74. The van der Waals surface area contributed by atoms with Crippen LogP contribution in [0.25, 0.3) is 0 Å². The van der Waals surface area contributed by atoms with E-state index in [0.29, 0.717) is 17.1 Å². The topological polar surface area (TPSA) is 68.3 Å². The summed E-state index contributed by atoms with van der Waals surface area (Å²) in [5.41, 5.74) is 7.72. The first kappa shape index (κ1) is 12.3. The van der Waals surface area contributed by atoms with Gasteiger partial charge in [-0.25, -0.2) is 0 Å². The van der Waals surface area contributed by atoms with Crippen molar-refractivity contribution >= 4 is 23.1 Å². The molecule has 0 bridgehead atoms. The smallest absolute Gasteiger partial charge is 0.251 e. The summed E-state index contributed by atoms with van der Waals surface area (Å²) in [6, 6.07) is 8.65. The lowest BCUT2D eigenvalue weighted by molar-refractivity contribution is 0.0951. The van der Waals surface area contributed by atoms with Crippen LogP contribution in [0.5, 0.6) is 0 Å². The highest BCUT2D eigenvalue weighted by molar-refractivity contribution is 7.80. The van der Waals surface area contributed by atoms with Gasteiger partial charge < -0.3 is 15.5 Å². The van der Waals surface area contributed by atoms with Crippen molar-refractivity contribution in [1.29, 1.82) is 0 Å². The van der Waals surface area contributed by atoms with E-state index >= 15 is 0 Å². The standard InChI is InChI=1S/C13H12N2O2S/c14-12(18)10-1-3-11(4-2-10)13(16)15-7-9-5-6-17-8-9/h1-6,8H,7H2,(H2,14,18)(H,15,16). The zero-order chi connectivity index (χ0) is 13.0. The summed E-state index contributed by atoms with van der Waals surface area (Å²) in [5.74, 6) is -0.148. The van der Waals surface area contributed by atoms with Gasteiger partial charge in [-0.3, -0.25) is 4.79 Å². The molecule has 0 aliphatic rings. The molecule has 0 spiro atoms. The van der Waals surface area contributed by atoms with Crippen LogP contribution in [0.1, 0.15) is 21.5 Å². The van der Waals surface area contributed by atoms with Crippen LogP contribution < -0.4 is 11.1 Å². The van der Waals surface area contributed by atoms with E-state index in [9.17, 15) is 4.79 Å². The molecule has 1 amide bonds. The fourth-order valence-electron chi connectivity index (χ4n) is 1.46. The van der Waals surface area contributed by atoms with Gasteiger partial charge in [0.05, 0.1) is 12.5 Å². The third-order valence-corrected chi connectivity index (χ3v) is 2.70. The largest absolute Gasteiger partial charge is 0.472 e. The molecular weight excluding hydrogens is 248 g/mol. The zero-order valence-electron chi connectivity index (χ0n) is 9.55. The van der Waals surface area contributed by atoms with E-state index in [-0.39, 0.29) is 5.91 Å². The van der Waals surface area contributed by atoms with Crippen molar-refractivity contribution in [3.63, 3.8) is 0 Å². The second-order valence-corrected chi connectivity index (χ2v) is 4.20. The average Bonchev–Trinajstić information content (AvgIpc) is 2.89. The zero-order valence-corrected chi connectivity index (χ0v) is 10.4. The van der Waals surface area contributed by atoms with Gasteiger partial charge in [0.1, 0.15) is 4.99 Å². The van der Waals surface area contributed by atoms with Crippen LogP contribution in [0.4, 0.5) is 0 Å². The van der Waals surface area contributed by atoms with E-state index in [1.54, 1.807) is 42.9 Å². The molecule has 0 fully saturated rings. The summed E-state index contributed by atoms with van der Waals surface area (Å²) < 4.78 is 4.92. The Labute approximate surface area is 110 Å². The van der Waals surface area contributed by atoms with Gasteiger partial charge in [-0.1, -0.05) is 24.4 Å². The highest BCUT2D eigenvalue weighted by Gasteiger charge is 2.06. The van der Waals surface area contributed by atoms with Crippen molar-refractivity contribution in [2.45, 2.75) is 6.54 Å². The van der Waals surface area contributed by atoms with E-state index in [1.165, 1.54) is 0 Å². The molecule has 3 N–H and O–H groups in total. The molecule has 0 unspecified atom stereocenters. The quantitative estimate of drug-likeness (QED) is 0.823. The number of carbonyl (C=O) groups is 1. The highest BCUT2D eigenvalue weighted by atomic mass is 32.1. The number of nitrogens with two attached hydrogens (primary N) is 1. The maximum atomic E-state index is 11.8. The van der Waals surface area contributed by atoms with Crippen molar-refractivity contribution in [3.8, 4) is 0 Å². The molecule has 1 aromatic heterocycles. The number of hydrogen-bond acceptors (Lipinski definition) is 3. The predicted molar refractivity (Wildman–Crippen MR) is 72.2 cm³/mol. The van der Waals surface area contributed by atoms with Crippen LogP contribution in [-0.2, 0) is 6.54 Å². The van der Waals surface area contributed by atoms with Gasteiger partial charge in [0.25, 0.3) is 5.91 Å². The van der Waals surface area contributed by atoms with Crippen LogP contribution in [0.2, 0.25) is 0 Å². The van der Waals surface area contributed by atoms with Crippen molar-refractivity contribution in [2.24, 2.45) is 5.73 Å². The van der Waals surface area contributed by atoms with Gasteiger partial charge in [-0.15, -0.1) is 0 Å². The van der Waals surface area contributed by atoms with Gasteiger partial charge in [-0.2, -0.15) is 0 Å². The summed E-state index contributed by atoms with van der Waals surface area (Å²) >= 11 is 4.84. The molecule has 0 atom stereocenters. The van der Waals surface area contributed by atoms with E-state index in [4.69, 9.17) is 22.4 Å². The molecule has 18 heavy (non-hydrogen) atoms. The minimum atomic E-state index is -0.148. The van der Waals surface area contributed by atoms with E-state index in [1.807, 2.05) is 0 Å². The molecule has 1 aromatic carbocycles. The molecule has 0 saturated heterocycles. The molecule has 0 aliphatic heterocycles. The first-order valence-corrected chi connectivity index (χ1v) is 5.77. The van der Waals surface area contributed by atoms with Gasteiger partial charge >= 0.3 is 0 Å². The molecule has 2 aromatic rings. The second-order valence-electron chi connectivity index (χ2n) is 3.76. The van der Waals surface area contributed by atoms with Crippen molar-refractivity contribution < 1.29 is 9.21 Å². The monoisotopic (exact) mass is 260 g/mol. The first-order valence-electron chi connectivity index (χ1n) is 5.36. The van der Waals surface area contributed by atoms with Gasteiger partial charge in [-0.05, 0) is 18.2 Å². The summed E-state index contributed by atoms with van der Waals surface area (Å²) in [5, 5.41) is 2.79. The number of benzene rings is 1. The van der Waals surface area contributed by atoms with Crippen LogP contribution in [-0.4, -0.2) is 10.9 Å². The number of hydrogen-bond donors (Lipinski definition) is 2. The van der Waals surface area contributed by atoms with Crippen LogP contribution in [0, 0.1) is 0 Å². The fourth-order valence-corrected chi connectivity index (χ4v) is 1.60. The van der Waals surface area contributed by atoms with Crippen molar-refractivity contribution in [3.05, 3.63) is 59.5 Å². The molecule has 2 rings (SSSR count). The SMILES string of the molecule is NC(=S)c1ccc(C(=O)NCc2ccoc2)cc1. The molecule has 4 nitrogen and oxygen atoms in total. The lowest BCUT2D eigenvalue weighted by Gasteiger charge is -2.04. The van der Waals surface area contributed by atoms with E-state index in [2.05, 4.69) is 5.32 Å². The second kappa shape index (κ2) is 5.46. The normalized spacial score (nSPS) is 10.0. The van der Waals surface area contributed by atoms with Crippen molar-refractivity contribution in [1.82, 2.24) is 5.32 Å². The summed E-state index contributed by atoms with van der Waals surface area (Å²) in [4.78, 5) is 12.1. The lowest BCUT2D eigenvalue weighted by atomic mass is 10.1.